The molecule has 0 spiro atoms. The van der Waals surface area contributed by atoms with Crippen molar-refractivity contribution in [2.75, 3.05) is 13.2 Å². The van der Waals surface area contributed by atoms with E-state index in [9.17, 15) is 19.8 Å². The summed E-state index contributed by atoms with van der Waals surface area (Å²) >= 11 is 0. The van der Waals surface area contributed by atoms with Gasteiger partial charge in [-0.1, -0.05) is 391 Å². The maximum Gasteiger partial charge on any atom is 0.305 e. The minimum absolute atomic E-state index is 0.0164. The van der Waals surface area contributed by atoms with Crippen LogP contribution in [0.1, 0.15) is 457 Å². The maximum atomic E-state index is 12.6. The molecule has 2 unspecified atom stereocenters. The van der Waals surface area contributed by atoms with Gasteiger partial charge in [-0.3, -0.25) is 9.59 Å². The molecule has 0 rings (SSSR count). The van der Waals surface area contributed by atoms with Crippen LogP contribution in [0.4, 0.5) is 0 Å². The van der Waals surface area contributed by atoms with E-state index in [-0.39, 0.29) is 18.5 Å². The Hall–Kier alpha value is -1.66. The van der Waals surface area contributed by atoms with Crippen LogP contribution < -0.4 is 5.32 Å². The van der Waals surface area contributed by atoms with Crippen molar-refractivity contribution in [3.8, 4) is 0 Å². The highest BCUT2D eigenvalue weighted by atomic mass is 16.5. The topological polar surface area (TPSA) is 95.9 Å². The van der Waals surface area contributed by atoms with Gasteiger partial charge in [0, 0.05) is 12.8 Å². The van der Waals surface area contributed by atoms with Gasteiger partial charge in [0.05, 0.1) is 25.4 Å². The van der Waals surface area contributed by atoms with Crippen LogP contribution in [0.3, 0.4) is 0 Å². The molecule has 6 nitrogen and oxygen atoms in total. The molecular weight excluding hydrogens is 1070 g/mol. The average molecular weight is 1230 g/mol. The number of unbranched alkanes of at least 4 members (excludes halogenated alkanes) is 61. The fourth-order valence-corrected chi connectivity index (χ4v) is 12.9. The number of esters is 1. The number of carbonyl (C=O) groups is 2. The van der Waals surface area contributed by atoms with Gasteiger partial charge < -0.3 is 20.3 Å². The van der Waals surface area contributed by atoms with Gasteiger partial charge in [0.15, 0.2) is 0 Å². The Kier molecular flexibility index (Phi) is 75.3. The molecule has 0 fully saturated rings. The lowest BCUT2D eigenvalue weighted by Crippen LogP contribution is -2.45. The third-order valence-corrected chi connectivity index (χ3v) is 19.0. The van der Waals surface area contributed by atoms with Crippen LogP contribution in [0.25, 0.3) is 0 Å². The summed E-state index contributed by atoms with van der Waals surface area (Å²) in [4.78, 5) is 24.7. The third kappa shape index (κ3) is 73.3. The number of aliphatic hydroxyl groups excluding tert-OH is 2. The van der Waals surface area contributed by atoms with E-state index < -0.39 is 12.1 Å². The third-order valence-electron chi connectivity index (χ3n) is 19.0. The van der Waals surface area contributed by atoms with Gasteiger partial charge in [-0.05, 0) is 77.0 Å². The largest absolute Gasteiger partial charge is 0.466 e. The highest BCUT2D eigenvalue weighted by Gasteiger charge is 2.20. The van der Waals surface area contributed by atoms with E-state index in [0.717, 1.165) is 44.9 Å². The van der Waals surface area contributed by atoms with E-state index >= 15 is 0 Å². The van der Waals surface area contributed by atoms with Crippen molar-refractivity contribution < 1.29 is 24.5 Å². The zero-order valence-electron chi connectivity index (χ0n) is 59.3. The summed E-state index contributed by atoms with van der Waals surface area (Å²) in [5.41, 5.74) is 0. The minimum atomic E-state index is -0.663. The van der Waals surface area contributed by atoms with E-state index in [1.807, 2.05) is 0 Å². The number of nitrogens with one attached hydrogen (secondary N) is 1. The van der Waals surface area contributed by atoms with Gasteiger partial charge in [0.25, 0.3) is 0 Å². The molecule has 0 aromatic heterocycles. The summed E-state index contributed by atoms with van der Waals surface area (Å²) in [6.45, 7) is 5.00. The molecule has 0 aromatic carbocycles. The van der Waals surface area contributed by atoms with Crippen molar-refractivity contribution >= 4 is 11.9 Å². The zero-order valence-corrected chi connectivity index (χ0v) is 59.3. The van der Waals surface area contributed by atoms with Crippen molar-refractivity contribution in [2.24, 2.45) is 0 Å². The summed E-state index contributed by atoms with van der Waals surface area (Å²) < 4.78 is 5.51. The predicted molar refractivity (Wildman–Crippen MR) is 384 cm³/mol. The summed E-state index contributed by atoms with van der Waals surface area (Å²) in [6, 6.07) is -0.540. The zero-order chi connectivity index (χ0) is 62.8. The molecule has 516 valence electrons. The van der Waals surface area contributed by atoms with E-state index in [1.165, 1.54) is 379 Å². The number of ether oxygens (including phenoxy) is 1. The van der Waals surface area contributed by atoms with Gasteiger partial charge in [0.1, 0.15) is 0 Å². The van der Waals surface area contributed by atoms with E-state index in [4.69, 9.17) is 4.74 Å². The Morgan fingerprint density at radius 3 is 0.816 bits per heavy atom. The molecule has 0 aliphatic heterocycles. The van der Waals surface area contributed by atoms with Crippen LogP contribution in [0, 0.1) is 0 Å². The summed E-state index contributed by atoms with van der Waals surface area (Å²) in [5.74, 6) is -0.0109. The minimum Gasteiger partial charge on any atom is -0.466 e. The van der Waals surface area contributed by atoms with Crippen LogP contribution >= 0.6 is 0 Å². The molecule has 0 saturated carbocycles. The summed E-state index contributed by atoms with van der Waals surface area (Å²) in [6.07, 6.45) is 98.4. The molecule has 0 bridgehead atoms. The first-order valence-electron chi connectivity index (χ1n) is 40.1. The Morgan fingerprint density at radius 1 is 0.310 bits per heavy atom. The lowest BCUT2D eigenvalue weighted by molar-refractivity contribution is -0.143. The summed E-state index contributed by atoms with van der Waals surface area (Å²) in [5, 5.41) is 23.4. The number of carbonyl (C=O) groups excluding carboxylic acids is 2. The van der Waals surface area contributed by atoms with Gasteiger partial charge in [-0.15, -0.1) is 0 Å². The van der Waals surface area contributed by atoms with Crippen molar-refractivity contribution in [1.82, 2.24) is 5.32 Å². The van der Waals surface area contributed by atoms with E-state index in [1.54, 1.807) is 0 Å². The quantitative estimate of drug-likeness (QED) is 0.0320. The number of hydrogen-bond acceptors (Lipinski definition) is 5. The van der Waals surface area contributed by atoms with Crippen molar-refractivity contribution in [2.45, 2.75) is 469 Å². The second kappa shape index (κ2) is 76.8. The van der Waals surface area contributed by atoms with E-state index in [2.05, 4.69) is 43.5 Å². The first-order chi connectivity index (χ1) is 43.0. The van der Waals surface area contributed by atoms with Crippen LogP contribution in [0.2, 0.25) is 0 Å². The molecule has 0 aromatic rings. The monoisotopic (exact) mass is 1220 g/mol. The lowest BCUT2D eigenvalue weighted by atomic mass is 10.0. The molecule has 2 atom stereocenters. The standard InChI is InChI=1S/C81H157NO5/c1-3-5-7-9-11-13-15-17-19-21-23-38-41-45-49-53-57-61-65-69-73-79(84)78(77-83)82-80(85)74-70-66-62-58-54-50-46-42-39-36-34-32-30-28-26-24-25-27-29-31-33-35-37-40-44-48-52-56-60-64-68-72-76-87-81(86)75-71-67-63-59-55-51-47-43-22-20-18-16-14-12-10-8-6-4-2/h20,22,27,29,78-79,83-84H,3-19,21,23-26,28,30-77H2,1-2H3,(H,82,85)/b22-20-,29-27-. The number of hydrogen-bond donors (Lipinski definition) is 3. The van der Waals surface area contributed by atoms with Crippen molar-refractivity contribution in [1.29, 1.82) is 0 Å². The molecule has 6 heteroatoms. The van der Waals surface area contributed by atoms with Crippen molar-refractivity contribution in [3.05, 3.63) is 24.3 Å². The van der Waals surface area contributed by atoms with Crippen LogP contribution in [0.5, 0.6) is 0 Å². The normalized spacial score (nSPS) is 12.6. The molecule has 0 aliphatic carbocycles. The number of rotatable bonds is 76. The van der Waals surface area contributed by atoms with Crippen LogP contribution in [-0.2, 0) is 14.3 Å². The Labute approximate surface area is 545 Å². The first-order valence-corrected chi connectivity index (χ1v) is 40.1. The average Bonchev–Trinajstić information content (AvgIpc) is 3.53. The predicted octanol–water partition coefficient (Wildman–Crippen LogP) is 26.4. The van der Waals surface area contributed by atoms with Gasteiger partial charge in [-0.25, -0.2) is 0 Å². The maximum absolute atomic E-state index is 12.6. The second-order valence-electron chi connectivity index (χ2n) is 27.7. The molecule has 0 saturated heterocycles. The molecule has 3 N–H and O–H groups in total. The molecular formula is C81H157NO5. The Balaban J connectivity index is 3.35. The Bertz CT molecular complexity index is 1360. The molecule has 1 amide bonds. The fraction of sp³-hybridized carbons (Fsp3) is 0.926. The lowest BCUT2D eigenvalue weighted by Gasteiger charge is -2.22. The SMILES string of the molecule is CCCCCCCCC/C=C\CCCCCCCCCC(=O)OCCCCCCCCCCCCCC/C=C\CCCCCCCCCCCCCCCCCCC(=O)NC(CO)C(O)CCCCCCCCCCCCCCCCCCCCCC. The highest BCUT2D eigenvalue weighted by molar-refractivity contribution is 5.76. The molecule has 0 heterocycles. The second-order valence-corrected chi connectivity index (χ2v) is 27.7. The Morgan fingerprint density at radius 2 is 0.540 bits per heavy atom. The van der Waals surface area contributed by atoms with Crippen molar-refractivity contribution in [3.63, 3.8) is 0 Å². The smallest absolute Gasteiger partial charge is 0.305 e. The molecule has 0 aliphatic rings. The number of amides is 1. The summed E-state index contributed by atoms with van der Waals surface area (Å²) in [7, 11) is 0. The highest BCUT2D eigenvalue weighted by Crippen LogP contribution is 2.20. The van der Waals surface area contributed by atoms with E-state index in [0.29, 0.717) is 25.9 Å². The molecule has 0 radical (unpaired) electrons. The van der Waals surface area contributed by atoms with Gasteiger partial charge in [0.2, 0.25) is 5.91 Å². The fourth-order valence-electron chi connectivity index (χ4n) is 12.9. The van der Waals surface area contributed by atoms with Gasteiger partial charge in [-0.2, -0.15) is 0 Å². The van der Waals surface area contributed by atoms with Gasteiger partial charge >= 0.3 is 5.97 Å². The molecule has 87 heavy (non-hydrogen) atoms. The van der Waals surface area contributed by atoms with Crippen LogP contribution in [0.15, 0.2) is 24.3 Å². The number of allylic oxidation sites excluding steroid dienone is 4. The number of aliphatic hydroxyl groups is 2. The van der Waals surface area contributed by atoms with Crippen LogP contribution in [-0.4, -0.2) is 47.4 Å². The first kappa shape index (κ1) is 85.3.